The van der Waals surface area contributed by atoms with Crippen molar-refractivity contribution in [1.82, 2.24) is 4.90 Å². The number of hydrogen-bond donors (Lipinski definition) is 1. The highest BCUT2D eigenvalue weighted by Gasteiger charge is 2.25. The lowest BCUT2D eigenvalue weighted by molar-refractivity contribution is 0.0765. The van der Waals surface area contributed by atoms with E-state index in [0.29, 0.717) is 41.6 Å². The first-order valence-electron chi connectivity index (χ1n) is 7.12. The predicted octanol–water partition coefficient (Wildman–Crippen LogP) is 3.34. The molecule has 0 saturated carbocycles. The summed E-state index contributed by atoms with van der Waals surface area (Å²) in [6.45, 7) is 1.00. The summed E-state index contributed by atoms with van der Waals surface area (Å²) in [5.41, 5.74) is 0.590. The molecule has 4 nitrogen and oxygen atoms in total. The third kappa shape index (κ3) is 3.40. The van der Waals surface area contributed by atoms with Gasteiger partial charge in [0.25, 0.3) is 5.91 Å². The maximum absolute atomic E-state index is 12.3. The van der Waals surface area contributed by atoms with Crippen molar-refractivity contribution in [3.05, 3.63) is 59.1 Å². The van der Waals surface area contributed by atoms with Crippen LogP contribution in [0.5, 0.6) is 11.5 Å². The lowest BCUT2D eigenvalue weighted by Gasteiger charge is -2.15. The smallest absolute Gasteiger partial charge is 0.253 e. The molecule has 1 N–H and O–H groups in total. The number of nitrogens with zero attached hydrogens (tertiary/aromatic N) is 1. The molecule has 0 aromatic heterocycles. The van der Waals surface area contributed by atoms with Crippen LogP contribution < -0.4 is 4.74 Å². The summed E-state index contributed by atoms with van der Waals surface area (Å²) >= 11 is 5.91. The van der Waals surface area contributed by atoms with Crippen LogP contribution in [0.4, 0.5) is 0 Å². The normalized spacial score (nSPS) is 17.5. The summed E-state index contributed by atoms with van der Waals surface area (Å²) in [4.78, 5) is 13.9. The number of halogens is 1. The van der Waals surface area contributed by atoms with Crippen molar-refractivity contribution in [3.63, 3.8) is 0 Å². The van der Waals surface area contributed by atoms with E-state index in [-0.39, 0.29) is 5.91 Å². The van der Waals surface area contributed by atoms with Crippen LogP contribution in [0.1, 0.15) is 16.8 Å². The highest BCUT2D eigenvalue weighted by Crippen LogP contribution is 2.25. The number of hydrogen-bond acceptors (Lipinski definition) is 3. The Labute approximate surface area is 133 Å². The van der Waals surface area contributed by atoms with E-state index in [1.165, 1.54) is 0 Å². The van der Waals surface area contributed by atoms with Gasteiger partial charge in [-0.2, -0.15) is 0 Å². The summed E-state index contributed by atoms with van der Waals surface area (Å²) < 4.78 is 5.69. The SMILES string of the molecule is O=C(c1ccc(Oc2cccc(Cl)c2)cc1)N1CC[C@@H](O)C1. The number of ether oxygens (including phenoxy) is 1. The largest absolute Gasteiger partial charge is 0.457 e. The van der Waals surface area contributed by atoms with Gasteiger partial charge < -0.3 is 14.7 Å². The fraction of sp³-hybridized carbons (Fsp3) is 0.235. The molecule has 1 aliphatic heterocycles. The monoisotopic (exact) mass is 317 g/mol. The summed E-state index contributed by atoms with van der Waals surface area (Å²) in [5, 5.41) is 10.1. The van der Waals surface area contributed by atoms with Crippen LogP contribution in [0.15, 0.2) is 48.5 Å². The third-order valence-electron chi connectivity index (χ3n) is 3.58. The molecule has 22 heavy (non-hydrogen) atoms. The Bertz CT molecular complexity index is 672. The van der Waals surface area contributed by atoms with Crippen LogP contribution in [0.2, 0.25) is 5.02 Å². The Morgan fingerprint density at radius 3 is 2.59 bits per heavy atom. The van der Waals surface area contributed by atoms with Crippen LogP contribution >= 0.6 is 11.6 Å². The minimum atomic E-state index is -0.408. The van der Waals surface area contributed by atoms with Crippen LogP contribution in [0, 0.1) is 0 Å². The van der Waals surface area contributed by atoms with E-state index < -0.39 is 6.10 Å². The van der Waals surface area contributed by atoms with E-state index in [0.717, 1.165) is 0 Å². The number of likely N-dealkylation sites (tertiary alicyclic amines) is 1. The van der Waals surface area contributed by atoms with Gasteiger partial charge in [-0.15, -0.1) is 0 Å². The molecule has 0 spiro atoms. The van der Waals surface area contributed by atoms with Crippen molar-refractivity contribution in [1.29, 1.82) is 0 Å². The van der Waals surface area contributed by atoms with Gasteiger partial charge in [-0.1, -0.05) is 17.7 Å². The summed E-state index contributed by atoms with van der Waals surface area (Å²) in [6, 6.07) is 14.1. The lowest BCUT2D eigenvalue weighted by atomic mass is 10.2. The first kappa shape index (κ1) is 14.9. The molecule has 1 amide bonds. The number of aliphatic hydroxyl groups is 1. The molecule has 0 aliphatic carbocycles. The lowest BCUT2D eigenvalue weighted by Crippen LogP contribution is -2.29. The van der Waals surface area contributed by atoms with Crippen LogP contribution in [-0.2, 0) is 0 Å². The Hall–Kier alpha value is -2.04. The zero-order valence-corrected chi connectivity index (χ0v) is 12.7. The summed E-state index contributed by atoms with van der Waals surface area (Å²) in [7, 11) is 0. The van der Waals surface area contributed by atoms with Crippen molar-refractivity contribution in [3.8, 4) is 11.5 Å². The number of amides is 1. The fourth-order valence-corrected chi connectivity index (χ4v) is 2.62. The molecule has 1 fully saturated rings. The van der Waals surface area contributed by atoms with Gasteiger partial charge in [-0.25, -0.2) is 0 Å². The summed E-state index contributed by atoms with van der Waals surface area (Å²) in [6.07, 6.45) is 0.233. The molecule has 5 heteroatoms. The zero-order valence-electron chi connectivity index (χ0n) is 11.9. The van der Waals surface area contributed by atoms with Crippen LogP contribution in [0.25, 0.3) is 0 Å². The second-order valence-corrected chi connectivity index (χ2v) is 5.71. The second kappa shape index (κ2) is 6.38. The third-order valence-corrected chi connectivity index (χ3v) is 3.82. The first-order chi connectivity index (χ1) is 10.6. The van der Waals surface area contributed by atoms with Crippen molar-refractivity contribution in [2.24, 2.45) is 0 Å². The van der Waals surface area contributed by atoms with Gasteiger partial charge in [-0.05, 0) is 48.9 Å². The minimum absolute atomic E-state index is 0.0640. The number of aliphatic hydroxyl groups excluding tert-OH is 1. The topological polar surface area (TPSA) is 49.8 Å². The zero-order chi connectivity index (χ0) is 15.5. The van der Waals surface area contributed by atoms with Crippen molar-refractivity contribution < 1.29 is 14.6 Å². The molecule has 1 aliphatic rings. The van der Waals surface area contributed by atoms with Gasteiger partial charge in [-0.3, -0.25) is 4.79 Å². The van der Waals surface area contributed by atoms with Crippen LogP contribution in [-0.4, -0.2) is 35.1 Å². The standard InChI is InChI=1S/C17H16ClNO3/c18-13-2-1-3-16(10-13)22-15-6-4-12(5-7-15)17(21)19-9-8-14(20)11-19/h1-7,10,14,20H,8-9,11H2/t14-/m1/s1. The van der Waals surface area contributed by atoms with E-state index >= 15 is 0 Å². The molecule has 2 aromatic carbocycles. The fourth-order valence-electron chi connectivity index (χ4n) is 2.44. The van der Waals surface area contributed by atoms with Gasteiger partial charge >= 0.3 is 0 Å². The predicted molar refractivity (Wildman–Crippen MR) is 84.5 cm³/mol. The molecule has 1 atom stereocenters. The van der Waals surface area contributed by atoms with Gasteiger partial charge in [0.05, 0.1) is 6.10 Å². The summed E-state index contributed by atoms with van der Waals surface area (Å²) in [5.74, 6) is 1.22. The van der Waals surface area contributed by atoms with Gasteiger partial charge in [0, 0.05) is 23.7 Å². The number of β-amino-alcohol motifs (C(OH)–C–C–N with tert-alkyl or cyclic N) is 1. The molecule has 0 unspecified atom stereocenters. The Morgan fingerprint density at radius 2 is 1.95 bits per heavy atom. The Morgan fingerprint density at radius 1 is 1.18 bits per heavy atom. The highest BCUT2D eigenvalue weighted by molar-refractivity contribution is 6.30. The average molecular weight is 318 g/mol. The second-order valence-electron chi connectivity index (χ2n) is 5.28. The number of rotatable bonds is 3. The van der Waals surface area contributed by atoms with E-state index in [4.69, 9.17) is 16.3 Å². The Kier molecular flexibility index (Phi) is 4.32. The molecular weight excluding hydrogens is 302 g/mol. The molecule has 0 bridgehead atoms. The van der Waals surface area contributed by atoms with E-state index in [2.05, 4.69) is 0 Å². The van der Waals surface area contributed by atoms with Crippen molar-refractivity contribution in [2.45, 2.75) is 12.5 Å². The number of benzene rings is 2. The van der Waals surface area contributed by atoms with Gasteiger partial charge in [0.15, 0.2) is 0 Å². The molecule has 1 heterocycles. The molecular formula is C17H16ClNO3. The van der Waals surface area contributed by atoms with Gasteiger partial charge in [0.1, 0.15) is 11.5 Å². The molecule has 2 aromatic rings. The molecule has 0 radical (unpaired) electrons. The first-order valence-corrected chi connectivity index (χ1v) is 7.50. The van der Waals surface area contributed by atoms with Crippen molar-refractivity contribution >= 4 is 17.5 Å². The van der Waals surface area contributed by atoms with E-state index in [1.807, 2.05) is 12.1 Å². The number of carbonyl (C=O) groups excluding carboxylic acids is 1. The minimum Gasteiger partial charge on any atom is -0.457 e. The van der Waals surface area contributed by atoms with E-state index in [9.17, 15) is 9.90 Å². The Balaban J connectivity index is 1.69. The molecule has 114 valence electrons. The van der Waals surface area contributed by atoms with Crippen molar-refractivity contribution in [2.75, 3.05) is 13.1 Å². The molecule has 3 rings (SSSR count). The average Bonchev–Trinajstić information content (AvgIpc) is 2.94. The quantitative estimate of drug-likeness (QED) is 0.944. The maximum Gasteiger partial charge on any atom is 0.253 e. The van der Waals surface area contributed by atoms with E-state index in [1.54, 1.807) is 41.3 Å². The maximum atomic E-state index is 12.3. The van der Waals surface area contributed by atoms with Crippen LogP contribution in [0.3, 0.4) is 0 Å². The van der Waals surface area contributed by atoms with Gasteiger partial charge in [0.2, 0.25) is 0 Å². The highest BCUT2D eigenvalue weighted by atomic mass is 35.5. The molecule has 1 saturated heterocycles. The number of carbonyl (C=O) groups is 1.